The summed E-state index contributed by atoms with van der Waals surface area (Å²) in [7, 11) is 2.23. The molecule has 2 heterocycles. The highest BCUT2D eigenvalue weighted by Crippen LogP contribution is 2.37. The van der Waals surface area contributed by atoms with Crippen LogP contribution >= 0.6 is 11.3 Å². The van der Waals surface area contributed by atoms with E-state index >= 15 is 0 Å². The molecule has 1 aliphatic heterocycles. The fourth-order valence-corrected chi connectivity index (χ4v) is 4.10. The van der Waals surface area contributed by atoms with Crippen molar-refractivity contribution in [1.29, 1.82) is 0 Å². The van der Waals surface area contributed by atoms with E-state index in [1.165, 1.54) is 24.3 Å². The van der Waals surface area contributed by atoms with Crippen LogP contribution in [0.4, 0.5) is 0 Å². The molecule has 0 radical (unpaired) electrons. The van der Waals surface area contributed by atoms with Gasteiger partial charge < -0.3 is 11.1 Å². The molecule has 0 bridgehead atoms. The molecule has 124 valence electrons. The minimum absolute atomic E-state index is 0.487. The zero-order valence-corrected chi connectivity index (χ0v) is 14.9. The molecule has 0 spiro atoms. The number of likely N-dealkylation sites (tertiary alicyclic amines) is 1. The van der Waals surface area contributed by atoms with Crippen molar-refractivity contribution < 1.29 is 0 Å². The Balaban J connectivity index is 1.91. The van der Waals surface area contributed by atoms with Gasteiger partial charge in [0.25, 0.3) is 0 Å². The normalized spacial score (nSPS) is 23.9. The number of thiophene rings is 1. The Morgan fingerprint density at radius 3 is 3.05 bits per heavy atom. The van der Waals surface area contributed by atoms with Crippen LogP contribution in [0.1, 0.15) is 44.0 Å². The van der Waals surface area contributed by atoms with E-state index in [0.717, 1.165) is 19.5 Å². The van der Waals surface area contributed by atoms with E-state index in [4.69, 9.17) is 5.73 Å². The Kier molecular flexibility index (Phi) is 6.70. The molecular formula is C17H30N4S. The first kappa shape index (κ1) is 17.3. The molecule has 2 atom stereocenters. The molecule has 0 aliphatic carbocycles. The van der Waals surface area contributed by atoms with Gasteiger partial charge in [0.15, 0.2) is 5.96 Å². The van der Waals surface area contributed by atoms with E-state index in [2.05, 4.69) is 53.6 Å². The van der Waals surface area contributed by atoms with Gasteiger partial charge in [-0.05, 0) is 56.1 Å². The third-order valence-corrected chi connectivity index (χ3v) is 5.31. The van der Waals surface area contributed by atoms with E-state index < -0.39 is 0 Å². The van der Waals surface area contributed by atoms with Crippen LogP contribution in [0.25, 0.3) is 0 Å². The van der Waals surface area contributed by atoms with Crippen molar-refractivity contribution >= 4 is 17.3 Å². The minimum atomic E-state index is 0.487. The van der Waals surface area contributed by atoms with E-state index in [9.17, 15) is 0 Å². The summed E-state index contributed by atoms with van der Waals surface area (Å²) in [6, 6.07) is 4.88. The molecule has 1 saturated heterocycles. The van der Waals surface area contributed by atoms with Gasteiger partial charge in [0.2, 0.25) is 0 Å². The maximum absolute atomic E-state index is 6.00. The lowest BCUT2D eigenvalue weighted by Crippen LogP contribution is -2.38. The summed E-state index contributed by atoms with van der Waals surface area (Å²) >= 11 is 1.85. The zero-order valence-electron chi connectivity index (χ0n) is 14.1. The standard InChI is InChI=1S/C17H30N4S/c1-13(2)8-9-19-17(18)20-12-14-6-4-10-21(3)16(14)15-7-5-11-22-15/h5,7,11,13-14,16H,4,6,8-10,12H2,1-3H3,(H3,18,19,20). The highest BCUT2D eigenvalue weighted by molar-refractivity contribution is 7.10. The smallest absolute Gasteiger partial charge is 0.188 e. The second kappa shape index (κ2) is 8.53. The molecule has 1 aliphatic rings. The van der Waals surface area contributed by atoms with E-state index in [0.29, 0.717) is 23.8 Å². The van der Waals surface area contributed by atoms with Gasteiger partial charge in [-0.3, -0.25) is 9.89 Å². The number of rotatable bonds is 6. The van der Waals surface area contributed by atoms with Gasteiger partial charge in [0, 0.05) is 24.0 Å². The molecule has 1 fully saturated rings. The van der Waals surface area contributed by atoms with Crippen LogP contribution in [0.2, 0.25) is 0 Å². The maximum Gasteiger partial charge on any atom is 0.188 e. The summed E-state index contributed by atoms with van der Waals surface area (Å²) in [4.78, 5) is 8.52. The van der Waals surface area contributed by atoms with Crippen molar-refractivity contribution in [3.63, 3.8) is 0 Å². The van der Waals surface area contributed by atoms with Crippen molar-refractivity contribution in [2.24, 2.45) is 22.6 Å². The van der Waals surface area contributed by atoms with Crippen LogP contribution in [0.3, 0.4) is 0 Å². The first-order valence-electron chi connectivity index (χ1n) is 8.35. The molecule has 0 amide bonds. The van der Waals surface area contributed by atoms with E-state index in [1.54, 1.807) is 0 Å². The van der Waals surface area contributed by atoms with Gasteiger partial charge in [0.1, 0.15) is 0 Å². The van der Waals surface area contributed by atoms with E-state index in [1.807, 2.05) is 11.3 Å². The van der Waals surface area contributed by atoms with E-state index in [-0.39, 0.29) is 0 Å². The van der Waals surface area contributed by atoms with Crippen LogP contribution in [0, 0.1) is 11.8 Å². The molecule has 2 unspecified atom stereocenters. The first-order valence-corrected chi connectivity index (χ1v) is 9.23. The summed E-state index contributed by atoms with van der Waals surface area (Å²) < 4.78 is 0. The van der Waals surface area contributed by atoms with Gasteiger partial charge in [-0.15, -0.1) is 11.3 Å². The average Bonchev–Trinajstić information content (AvgIpc) is 2.98. The number of hydrogen-bond acceptors (Lipinski definition) is 3. The molecule has 3 N–H and O–H groups in total. The van der Waals surface area contributed by atoms with Gasteiger partial charge in [-0.2, -0.15) is 0 Å². The summed E-state index contributed by atoms with van der Waals surface area (Å²) in [6.45, 7) is 7.33. The molecule has 0 saturated carbocycles. The monoisotopic (exact) mass is 322 g/mol. The van der Waals surface area contributed by atoms with Crippen LogP contribution < -0.4 is 11.1 Å². The Morgan fingerprint density at radius 1 is 1.55 bits per heavy atom. The zero-order chi connectivity index (χ0) is 15.9. The number of guanidine groups is 1. The fraction of sp³-hybridized carbons (Fsp3) is 0.706. The molecule has 22 heavy (non-hydrogen) atoms. The summed E-state index contributed by atoms with van der Waals surface area (Å²) in [5.41, 5.74) is 6.00. The van der Waals surface area contributed by atoms with Crippen molar-refractivity contribution in [1.82, 2.24) is 10.2 Å². The number of piperidine rings is 1. The lowest BCUT2D eigenvalue weighted by Gasteiger charge is -2.38. The van der Waals surface area contributed by atoms with Crippen LogP contribution in [-0.4, -0.2) is 37.5 Å². The molecule has 2 rings (SSSR count). The molecule has 4 nitrogen and oxygen atoms in total. The Bertz CT molecular complexity index is 455. The van der Waals surface area contributed by atoms with Gasteiger partial charge in [-0.1, -0.05) is 19.9 Å². The number of hydrogen-bond donors (Lipinski definition) is 2. The third kappa shape index (κ3) is 4.99. The Labute approximate surface area is 138 Å². The highest BCUT2D eigenvalue weighted by atomic mass is 32.1. The van der Waals surface area contributed by atoms with Crippen molar-refractivity contribution in [3.8, 4) is 0 Å². The summed E-state index contributed by atoms with van der Waals surface area (Å²) in [5.74, 6) is 1.84. The Hall–Kier alpha value is -1.07. The molecular weight excluding hydrogens is 292 g/mol. The number of nitrogens with two attached hydrogens (primary N) is 1. The van der Waals surface area contributed by atoms with Crippen LogP contribution in [0.5, 0.6) is 0 Å². The van der Waals surface area contributed by atoms with Crippen molar-refractivity contribution in [2.45, 2.75) is 39.2 Å². The van der Waals surface area contributed by atoms with Crippen molar-refractivity contribution in [2.75, 3.05) is 26.7 Å². The largest absolute Gasteiger partial charge is 0.370 e. The summed E-state index contributed by atoms with van der Waals surface area (Å²) in [5, 5.41) is 5.40. The van der Waals surface area contributed by atoms with Gasteiger partial charge in [-0.25, -0.2) is 0 Å². The molecule has 0 aromatic carbocycles. The SMILES string of the molecule is CC(C)CCNC(N)=NCC1CCCN(C)C1c1cccs1. The lowest BCUT2D eigenvalue weighted by atomic mass is 9.88. The fourth-order valence-electron chi connectivity index (χ4n) is 3.12. The number of nitrogens with one attached hydrogen (secondary N) is 1. The summed E-state index contributed by atoms with van der Waals surface area (Å²) in [6.07, 6.45) is 3.61. The average molecular weight is 323 g/mol. The van der Waals surface area contributed by atoms with Gasteiger partial charge >= 0.3 is 0 Å². The predicted molar refractivity (Wildman–Crippen MR) is 96.4 cm³/mol. The number of aliphatic imine (C=N–C) groups is 1. The topological polar surface area (TPSA) is 53.6 Å². The van der Waals surface area contributed by atoms with Crippen LogP contribution in [0.15, 0.2) is 22.5 Å². The molecule has 1 aromatic rings. The lowest BCUT2D eigenvalue weighted by molar-refractivity contribution is 0.128. The molecule has 1 aromatic heterocycles. The predicted octanol–water partition coefficient (Wildman–Crippen LogP) is 3.08. The minimum Gasteiger partial charge on any atom is -0.370 e. The second-order valence-corrected chi connectivity index (χ2v) is 7.66. The maximum atomic E-state index is 6.00. The van der Waals surface area contributed by atoms with Gasteiger partial charge in [0.05, 0.1) is 0 Å². The quantitative estimate of drug-likeness (QED) is 0.625. The Morgan fingerprint density at radius 2 is 2.36 bits per heavy atom. The third-order valence-electron chi connectivity index (χ3n) is 4.37. The first-order chi connectivity index (χ1) is 10.6. The molecule has 5 heteroatoms. The van der Waals surface area contributed by atoms with Crippen molar-refractivity contribution in [3.05, 3.63) is 22.4 Å². The number of nitrogens with zero attached hydrogens (tertiary/aromatic N) is 2. The second-order valence-electron chi connectivity index (χ2n) is 6.68. The highest BCUT2D eigenvalue weighted by Gasteiger charge is 2.30. The van der Waals surface area contributed by atoms with Crippen LogP contribution in [-0.2, 0) is 0 Å².